The van der Waals surface area contributed by atoms with E-state index in [4.69, 9.17) is 19.4 Å². The van der Waals surface area contributed by atoms with Crippen molar-refractivity contribution in [1.29, 1.82) is 0 Å². The van der Waals surface area contributed by atoms with Crippen LogP contribution in [0.1, 0.15) is 16.9 Å². The van der Waals surface area contributed by atoms with E-state index >= 15 is 0 Å². The molecular formula is C9H12O5. The largest absolute Gasteiger partial charge is 0.496 e. The van der Waals surface area contributed by atoms with E-state index in [0.717, 1.165) is 0 Å². The summed E-state index contributed by atoms with van der Waals surface area (Å²) in [6.07, 6.45) is 0. The molecule has 1 aromatic heterocycles. The highest BCUT2D eigenvalue weighted by Crippen LogP contribution is 2.24. The van der Waals surface area contributed by atoms with Crippen LogP contribution >= 0.6 is 0 Å². The maximum absolute atomic E-state index is 11.2. The lowest BCUT2D eigenvalue weighted by Gasteiger charge is -2.10. The molecule has 5 heteroatoms. The van der Waals surface area contributed by atoms with Crippen LogP contribution in [-0.4, -0.2) is 17.3 Å². The molecule has 0 bridgehead atoms. The number of ether oxygens (including phenoxy) is 1. The Labute approximate surface area is 80.6 Å². The quantitative estimate of drug-likeness (QED) is 0.714. The predicted molar refractivity (Wildman–Crippen MR) is 48.1 cm³/mol. The van der Waals surface area contributed by atoms with Gasteiger partial charge in [0.05, 0.1) is 25.9 Å². The SMILES string of the molecule is COc1c(CO)c(C)oc(=O)c1CO. The van der Waals surface area contributed by atoms with E-state index < -0.39 is 12.2 Å². The first-order valence-electron chi connectivity index (χ1n) is 4.06. The van der Waals surface area contributed by atoms with Crippen molar-refractivity contribution < 1.29 is 19.4 Å². The molecule has 0 saturated heterocycles. The molecule has 0 spiro atoms. The van der Waals surface area contributed by atoms with Gasteiger partial charge in [-0.3, -0.25) is 0 Å². The number of hydrogen-bond acceptors (Lipinski definition) is 5. The third-order valence-electron chi connectivity index (χ3n) is 1.99. The zero-order valence-electron chi connectivity index (χ0n) is 8.03. The smallest absolute Gasteiger partial charge is 0.345 e. The number of rotatable bonds is 3. The van der Waals surface area contributed by atoms with Crippen molar-refractivity contribution in [3.8, 4) is 5.75 Å². The lowest BCUT2D eigenvalue weighted by Crippen LogP contribution is -2.13. The number of aliphatic hydroxyl groups excluding tert-OH is 2. The molecule has 0 radical (unpaired) electrons. The van der Waals surface area contributed by atoms with Gasteiger partial charge in [-0.2, -0.15) is 0 Å². The van der Waals surface area contributed by atoms with Gasteiger partial charge in [0.25, 0.3) is 0 Å². The summed E-state index contributed by atoms with van der Waals surface area (Å²) in [6.45, 7) is 0.779. The molecule has 0 saturated carbocycles. The summed E-state index contributed by atoms with van der Waals surface area (Å²) in [4.78, 5) is 11.2. The predicted octanol–water partition coefficient (Wildman–Crippen LogP) is -0.0586. The van der Waals surface area contributed by atoms with Crippen LogP contribution in [0.15, 0.2) is 9.21 Å². The molecule has 0 amide bonds. The maximum atomic E-state index is 11.2. The van der Waals surface area contributed by atoms with Gasteiger partial charge in [-0.05, 0) is 6.92 Å². The Morgan fingerprint density at radius 3 is 2.29 bits per heavy atom. The molecule has 0 aliphatic carbocycles. The van der Waals surface area contributed by atoms with Crippen molar-refractivity contribution in [3.05, 3.63) is 27.3 Å². The first kappa shape index (κ1) is 10.7. The highest BCUT2D eigenvalue weighted by molar-refractivity contribution is 5.40. The van der Waals surface area contributed by atoms with E-state index in [1.807, 2.05) is 0 Å². The molecule has 1 heterocycles. The molecule has 1 aromatic rings. The van der Waals surface area contributed by atoms with E-state index in [1.165, 1.54) is 7.11 Å². The Kier molecular flexibility index (Phi) is 3.27. The van der Waals surface area contributed by atoms with E-state index in [2.05, 4.69) is 0 Å². The Balaban J connectivity index is 3.51. The number of aryl methyl sites for hydroxylation is 1. The fourth-order valence-corrected chi connectivity index (χ4v) is 1.26. The molecule has 0 fully saturated rings. The van der Waals surface area contributed by atoms with Gasteiger partial charge in [-0.25, -0.2) is 4.79 Å². The van der Waals surface area contributed by atoms with Crippen LogP contribution in [0.5, 0.6) is 5.75 Å². The Morgan fingerprint density at radius 1 is 1.29 bits per heavy atom. The zero-order chi connectivity index (χ0) is 10.7. The van der Waals surface area contributed by atoms with Crippen molar-refractivity contribution in [2.45, 2.75) is 20.1 Å². The minimum atomic E-state index is -0.640. The summed E-state index contributed by atoms with van der Waals surface area (Å²) in [5, 5.41) is 17.9. The number of aliphatic hydroxyl groups is 2. The first-order chi connectivity index (χ1) is 6.65. The van der Waals surface area contributed by atoms with Crippen LogP contribution in [0.25, 0.3) is 0 Å². The van der Waals surface area contributed by atoms with Gasteiger partial charge in [-0.1, -0.05) is 0 Å². The van der Waals surface area contributed by atoms with Crippen molar-refractivity contribution in [1.82, 2.24) is 0 Å². The lowest BCUT2D eigenvalue weighted by atomic mass is 10.1. The molecule has 1 rings (SSSR count). The van der Waals surface area contributed by atoms with Crippen LogP contribution in [0.4, 0.5) is 0 Å². The van der Waals surface area contributed by atoms with Gasteiger partial charge >= 0.3 is 5.63 Å². The minimum Gasteiger partial charge on any atom is -0.496 e. The average molecular weight is 200 g/mol. The van der Waals surface area contributed by atoms with Crippen molar-refractivity contribution in [2.24, 2.45) is 0 Å². The fourth-order valence-electron chi connectivity index (χ4n) is 1.26. The topological polar surface area (TPSA) is 79.9 Å². The molecule has 0 unspecified atom stereocenters. The van der Waals surface area contributed by atoms with Gasteiger partial charge < -0.3 is 19.4 Å². The summed E-state index contributed by atoms with van der Waals surface area (Å²) in [5.41, 5.74) is -0.225. The van der Waals surface area contributed by atoms with Gasteiger partial charge in [0, 0.05) is 0 Å². The molecule has 2 N–H and O–H groups in total. The van der Waals surface area contributed by atoms with Crippen molar-refractivity contribution in [2.75, 3.05) is 7.11 Å². The number of hydrogen-bond donors (Lipinski definition) is 2. The summed E-state index contributed by atoms with van der Waals surface area (Å²) in [6, 6.07) is 0. The molecule has 0 atom stereocenters. The maximum Gasteiger partial charge on any atom is 0.345 e. The van der Waals surface area contributed by atoms with E-state index in [0.29, 0.717) is 11.3 Å². The van der Waals surface area contributed by atoms with Crippen LogP contribution in [0.3, 0.4) is 0 Å². The van der Waals surface area contributed by atoms with E-state index in [1.54, 1.807) is 6.92 Å². The summed E-state index contributed by atoms with van der Waals surface area (Å²) in [5.74, 6) is 0.496. The zero-order valence-corrected chi connectivity index (χ0v) is 8.03. The summed E-state index contributed by atoms with van der Waals surface area (Å²) < 4.78 is 9.75. The van der Waals surface area contributed by atoms with Gasteiger partial charge in [0.1, 0.15) is 17.1 Å². The number of methoxy groups -OCH3 is 1. The highest BCUT2D eigenvalue weighted by Gasteiger charge is 2.16. The molecular weight excluding hydrogens is 188 g/mol. The van der Waals surface area contributed by atoms with Crippen LogP contribution < -0.4 is 10.4 Å². The van der Waals surface area contributed by atoms with Crippen LogP contribution in [-0.2, 0) is 13.2 Å². The highest BCUT2D eigenvalue weighted by atomic mass is 16.5. The van der Waals surface area contributed by atoms with Crippen molar-refractivity contribution in [3.63, 3.8) is 0 Å². The Hall–Kier alpha value is -1.33. The van der Waals surface area contributed by atoms with Crippen LogP contribution in [0, 0.1) is 6.92 Å². The third-order valence-corrected chi connectivity index (χ3v) is 1.99. The van der Waals surface area contributed by atoms with Gasteiger partial charge in [-0.15, -0.1) is 0 Å². The molecule has 0 aliphatic rings. The minimum absolute atomic E-state index is 0.0298. The van der Waals surface area contributed by atoms with Gasteiger partial charge in [0.15, 0.2) is 0 Å². The van der Waals surface area contributed by atoms with E-state index in [9.17, 15) is 4.79 Å². The first-order valence-corrected chi connectivity index (χ1v) is 4.06. The lowest BCUT2D eigenvalue weighted by molar-refractivity contribution is 0.246. The molecule has 0 aliphatic heterocycles. The normalized spacial score (nSPS) is 10.3. The van der Waals surface area contributed by atoms with Gasteiger partial charge in [0.2, 0.25) is 0 Å². The standard InChI is InChI=1S/C9H12O5/c1-5-6(3-10)8(13-2)7(4-11)9(12)14-5/h10-11H,3-4H2,1-2H3. The van der Waals surface area contributed by atoms with E-state index in [-0.39, 0.29) is 17.9 Å². The second-order valence-electron chi connectivity index (χ2n) is 2.75. The summed E-state index contributed by atoms with van der Waals surface area (Å²) >= 11 is 0. The fraction of sp³-hybridized carbons (Fsp3) is 0.444. The van der Waals surface area contributed by atoms with Crippen LogP contribution in [0.2, 0.25) is 0 Å². The summed E-state index contributed by atoms with van der Waals surface area (Å²) in [7, 11) is 1.37. The monoisotopic (exact) mass is 200 g/mol. The molecule has 78 valence electrons. The second-order valence-corrected chi connectivity index (χ2v) is 2.75. The second kappa shape index (κ2) is 4.26. The molecule has 5 nitrogen and oxygen atoms in total. The molecule has 0 aromatic carbocycles. The van der Waals surface area contributed by atoms with Crippen molar-refractivity contribution >= 4 is 0 Å². The third kappa shape index (κ3) is 1.64. The average Bonchev–Trinajstić information content (AvgIpc) is 2.16. The Bertz CT molecular complexity index is 380. The Morgan fingerprint density at radius 2 is 1.86 bits per heavy atom. The molecule has 14 heavy (non-hydrogen) atoms.